The third-order valence-corrected chi connectivity index (χ3v) is 6.54. The van der Waals surface area contributed by atoms with E-state index < -0.39 is 5.60 Å². The summed E-state index contributed by atoms with van der Waals surface area (Å²) in [4.78, 5) is 6.95. The zero-order chi connectivity index (χ0) is 17.8. The van der Waals surface area contributed by atoms with Crippen molar-refractivity contribution in [3.63, 3.8) is 0 Å². The van der Waals surface area contributed by atoms with E-state index in [0.717, 1.165) is 43.7 Å². The van der Waals surface area contributed by atoms with Gasteiger partial charge < -0.3 is 5.11 Å². The van der Waals surface area contributed by atoms with Gasteiger partial charge in [0, 0.05) is 12.7 Å². The third-order valence-electron chi connectivity index (χ3n) is 6.54. The van der Waals surface area contributed by atoms with Gasteiger partial charge in [-0.15, -0.1) is 0 Å². The maximum Gasteiger partial charge on any atom is 0.0953 e. The van der Waals surface area contributed by atoms with Crippen LogP contribution < -0.4 is 0 Å². The summed E-state index contributed by atoms with van der Waals surface area (Å²) < 4.78 is 0. The zero-order valence-electron chi connectivity index (χ0n) is 15.6. The van der Waals surface area contributed by atoms with E-state index in [1.54, 1.807) is 0 Å². The molecule has 2 fully saturated rings. The highest BCUT2D eigenvalue weighted by molar-refractivity contribution is 5.25. The van der Waals surface area contributed by atoms with Gasteiger partial charge >= 0.3 is 0 Å². The second-order valence-electron chi connectivity index (χ2n) is 8.04. The van der Waals surface area contributed by atoms with Gasteiger partial charge in [-0.2, -0.15) is 0 Å². The molecule has 1 saturated carbocycles. The summed E-state index contributed by atoms with van der Waals surface area (Å²) >= 11 is 0. The Morgan fingerprint density at radius 3 is 2.19 bits per heavy atom. The van der Waals surface area contributed by atoms with Crippen molar-refractivity contribution in [3.05, 3.63) is 66.0 Å². The fraction of sp³-hybridized carbons (Fsp3) is 0.522. The Morgan fingerprint density at radius 1 is 0.885 bits per heavy atom. The first-order valence-electron chi connectivity index (χ1n) is 10.2. The highest BCUT2D eigenvalue weighted by Gasteiger charge is 2.46. The molecule has 1 aromatic heterocycles. The number of benzene rings is 1. The van der Waals surface area contributed by atoms with E-state index in [1.807, 2.05) is 18.3 Å². The van der Waals surface area contributed by atoms with E-state index in [1.165, 1.54) is 25.7 Å². The lowest BCUT2D eigenvalue weighted by Crippen LogP contribution is -2.47. The van der Waals surface area contributed by atoms with Crippen LogP contribution in [0.3, 0.4) is 0 Å². The summed E-state index contributed by atoms with van der Waals surface area (Å²) in [7, 11) is 0. The molecule has 2 heterocycles. The predicted molar refractivity (Wildman–Crippen MR) is 105 cm³/mol. The van der Waals surface area contributed by atoms with Crippen molar-refractivity contribution < 1.29 is 5.11 Å². The van der Waals surface area contributed by atoms with Gasteiger partial charge in [0.15, 0.2) is 0 Å². The van der Waals surface area contributed by atoms with E-state index in [-0.39, 0.29) is 0 Å². The Morgan fingerprint density at radius 2 is 1.54 bits per heavy atom. The van der Waals surface area contributed by atoms with Crippen LogP contribution in [0, 0.1) is 11.8 Å². The molecule has 1 N–H and O–H groups in total. The molecule has 0 bridgehead atoms. The number of rotatable bonds is 5. The molecule has 3 nitrogen and oxygen atoms in total. The molecular weight excluding hydrogens is 320 g/mol. The third kappa shape index (κ3) is 3.56. The van der Waals surface area contributed by atoms with Crippen molar-refractivity contribution in [1.29, 1.82) is 0 Å². The monoisotopic (exact) mass is 350 g/mol. The normalized spacial score (nSPS) is 22.3. The number of piperidine rings is 1. The van der Waals surface area contributed by atoms with Gasteiger partial charge in [-0.05, 0) is 68.3 Å². The van der Waals surface area contributed by atoms with Crippen molar-refractivity contribution >= 4 is 0 Å². The lowest BCUT2D eigenvalue weighted by atomic mass is 9.68. The minimum Gasteiger partial charge on any atom is -0.385 e. The van der Waals surface area contributed by atoms with E-state index in [0.29, 0.717) is 11.8 Å². The van der Waals surface area contributed by atoms with E-state index in [9.17, 15) is 5.11 Å². The first-order valence-corrected chi connectivity index (χ1v) is 10.2. The fourth-order valence-electron chi connectivity index (χ4n) is 5.13. The van der Waals surface area contributed by atoms with Crippen LogP contribution in [-0.4, -0.2) is 28.1 Å². The van der Waals surface area contributed by atoms with Crippen molar-refractivity contribution in [1.82, 2.24) is 9.88 Å². The molecule has 1 unspecified atom stereocenters. The molecule has 1 aromatic carbocycles. The predicted octanol–water partition coefficient (Wildman–Crippen LogP) is 4.37. The summed E-state index contributed by atoms with van der Waals surface area (Å²) in [5.74, 6) is 0.769. The molecule has 2 aromatic rings. The quantitative estimate of drug-likeness (QED) is 0.870. The second-order valence-corrected chi connectivity index (χ2v) is 8.04. The number of pyridine rings is 1. The zero-order valence-corrected chi connectivity index (χ0v) is 15.6. The van der Waals surface area contributed by atoms with Gasteiger partial charge in [0.05, 0.1) is 11.3 Å². The molecular formula is C23H30N2O. The Kier molecular flexibility index (Phi) is 5.37. The maximum absolute atomic E-state index is 12.0. The highest BCUT2D eigenvalue weighted by atomic mass is 16.3. The standard InChI is InChI=1S/C23H30N2O/c26-23(20-10-4-5-11-20,19-8-2-1-3-9-19)21-13-16-25(17-14-21)18-22-12-6-7-15-24-22/h1-3,6-9,12,15,20-21,26H,4-5,10-11,13-14,16-18H2. The van der Waals surface area contributed by atoms with Crippen molar-refractivity contribution in [2.24, 2.45) is 11.8 Å². The van der Waals surface area contributed by atoms with Gasteiger partial charge in [0.25, 0.3) is 0 Å². The van der Waals surface area contributed by atoms with Gasteiger partial charge in [-0.3, -0.25) is 9.88 Å². The number of nitrogens with zero attached hydrogens (tertiary/aromatic N) is 2. The summed E-state index contributed by atoms with van der Waals surface area (Å²) in [6.45, 7) is 3.01. The lowest BCUT2D eigenvalue weighted by molar-refractivity contribution is -0.0939. The Bertz CT molecular complexity index is 676. The molecule has 3 heteroatoms. The van der Waals surface area contributed by atoms with E-state index >= 15 is 0 Å². The molecule has 4 rings (SSSR count). The largest absolute Gasteiger partial charge is 0.385 e. The minimum atomic E-state index is -0.658. The van der Waals surface area contributed by atoms with Crippen LogP contribution >= 0.6 is 0 Å². The van der Waals surface area contributed by atoms with Crippen molar-refractivity contribution in [2.45, 2.75) is 50.7 Å². The first-order chi connectivity index (χ1) is 12.8. The second kappa shape index (κ2) is 7.89. The van der Waals surface area contributed by atoms with Gasteiger partial charge in [0.1, 0.15) is 0 Å². The summed E-state index contributed by atoms with van der Waals surface area (Å²) in [6, 6.07) is 16.6. The number of likely N-dealkylation sites (tertiary alicyclic amines) is 1. The number of hydrogen-bond donors (Lipinski definition) is 1. The van der Waals surface area contributed by atoms with Crippen LogP contribution in [0.2, 0.25) is 0 Å². The first kappa shape index (κ1) is 17.7. The minimum absolute atomic E-state index is 0.355. The van der Waals surface area contributed by atoms with Crippen molar-refractivity contribution in [2.75, 3.05) is 13.1 Å². The number of aliphatic hydroxyl groups is 1. The Labute approximate surface area is 157 Å². The summed E-state index contributed by atoms with van der Waals surface area (Å²) in [6.07, 6.45) is 8.86. The van der Waals surface area contributed by atoms with Crippen LogP contribution in [-0.2, 0) is 12.1 Å². The van der Waals surface area contributed by atoms with Gasteiger partial charge in [0.2, 0.25) is 0 Å². The molecule has 0 radical (unpaired) electrons. The highest BCUT2D eigenvalue weighted by Crippen LogP contribution is 2.48. The molecule has 26 heavy (non-hydrogen) atoms. The summed E-state index contributed by atoms with van der Waals surface area (Å²) in [5, 5.41) is 12.0. The Hall–Kier alpha value is -1.71. The smallest absolute Gasteiger partial charge is 0.0953 e. The molecule has 1 atom stereocenters. The van der Waals surface area contributed by atoms with E-state index in [4.69, 9.17) is 0 Å². The maximum atomic E-state index is 12.0. The van der Waals surface area contributed by atoms with Crippen LogP contribution in [0.1, 0.15) is 49.8 Å². The molecule has 1 saturated heterocycles. The van der Waals surface area contributed by atoms with Crippen LogP contribution in [0.4, 0.5) is 0 Å². The molecule has 1 aliphatic heterocycles. The lowest BCUT2D eigenvalue weighted by Gasteiger charge is -2.45. The van der Waals surface area contributed by atoms with Gasteiger partial charge in [-0.25, -0.2) is 0 Å². The average molecular weight is 351 g/mol. The SMILES string of the molecule is OC(c1ccccc1)(C1CCCC1)C1CCN(Cc2ccccn2)CC1. The number of aromatic nitrogens is 1. The van der Waals surface area contributed by atoms with Crippen LogP contribution in [0.25, 0.3) is 0 Å². The van der Waals surface area contributed by atoms with Crippen molar-refractivity contribution in [3.8, 4) is 0 Å². The summed E-state index contributed by atoms with van der Waals surface area (Å²) in [5.41, 5.74) is 1.62. The van der Waals surface area contributed by atoms with Gasteiger partial charge in [-0.1, -0.05) is 49.2 Å². The molecule has 0 spiro atoms. The molecule has 1 aliphatic carbocycles. The molecule has 0 amide bonds. The molecule has 138 valence electrons. The average Bonchev–Trinajstić information content (AvgIpc) is 3.25. The fourth-order valence-corrected chi connectivity index (χ4v) is 5.13. The Balaban J connectivity index is 1.48. The topological polar surface area (TPSA) is 36.4 Å². The molecule has 2 aliphatic rings. The van der Waals surface area contributed by atoms with E-state index in [2.05, 4.69) is 46.3 Å². The van der Waals surface area contributed by atoms with Crippen LogP contribution in [0.15, 0.2) is 54.7 Å². The number of hydrogen-bond acceptors (Lipinski definition) is 3. The van der Waals surface area contributed by atoms with Crippen LogP contribution in [0.5, 0.6) is 0 Å².